The number of aromatic amines is 1. The minimum absolute atomic E-state index is 0.0998. The van der Waals surface area contributed by atoms with Gasteiger partial charge in [-0.25, -0.2) is 0 Å². The number of nitrogens with zero attached hydrogens (tertiary/aromatic N) is 1. The first-order valence-corrected chi connectivity index (χ1v) is 5.85. The van der Waals surface area contributed by atoms with E-state index in [-0.39, 0.29) is 4.82 Å². The van der Waals surface area contributed by atoms with Gasteiger partial charge in [0.25, 0.3) is 4.82 Å². The Hall–Kier alpha value is -1.29. The van der Waals surface area contributed by atoms with Crippen LogP contribution in [0.15, 0.2) is 24.3 Å². The van der Waals surface area contributed by atoms with E-state index in [1.165, 1.54) is 10.9 Å². The summed E-state index contributed by atoms with van der Waals surface area (Å²) in [6.45, 7) is 2.64. The lowest BCUT2D eigenvalue weighted by atomic mass is 10.1. The van der Waals surface area contributed by atoms with Crippen molar-refractivity contribution in [2.45, 2.75) is 13.5 Å². The van der Waals surface area contributed by atoms with Crippen molar-refractivity contribution in [1.29, 1.82) is 0 Å². The zero-order chi connectivity index (χ0) is 11.7. The number of aryl methyl sites for hydroxylation is 1. The molecule has 0 unspecified atom stereocenters. The number of benzene rings is 1. The lowest BCUT2D eigenvalue weighted by molar-refractivity contribution is 0.233. The third kappa shape index (κ3) is 1.97. The number of carbonyl (C=O) groups is 1. The van der Waals surface area contributed by atoms with Gasteiger partial charge in [0.1, 0.15) is 0 Å². The molecule has 0 saturated heterocycles. The Morgan fingerprint density at radius 2 is 2.12 bits per heavy atom. The molecule has 0 aliphatic carbocycles. The van der Waals surface area contributed by atoms with Gasteiger partial charge >= 0.3 is 0 Å². The Bertz CT molecular complexity index is 533. The predicted octanol–water partition coefficient (Wildman–Crippen LogP) is 3.42. The van der Waals surface area contributed by atoms with Gasteiger partial charge in [0.05, 0.1) is 0 Å². The number of hydrogen-bond donors (Lipinski definition) is 1. The molecule has 0 radical (unpaired) electrons. The summed E-state index contributed by atoms with van der Waals surface area (Å²) in [6, 6.07) is 8.12. The molecule has 0 atom stereocenters. The SMILES string of the molecule is Cc1[nH]c2ccccc2c1CN(C)C(=O)Br. The quantitative estimate of drug-likeness (QED) is 0.664. The van der Waals surface area contributed by atoms with Crippen LogP contribution in [0.1, 0.15) is 11.3 Å². The molecule has 0 spiro atoms. The Morgan fingerprint density at radius 1 is 1.44 bits per heavy atom. The van der Waals surface area contributed by atoms with E-state index in [0.29, 0.717) is 6.54 Å². The van der Waals surface area contributed by atoms with E-state index < -0.39 is 0 Å². The van der Waals surface area contributed by atoms with Gasteiger partial charge in [0, 0.05) is 46.1 Å². The summed E-state index contributed by atoms with van der Waals surface area (Å²) in [5, 5.41) is 1.18. The first kappa shape index (κ1) is 11.2. The van der Waals surface area contributed by atoms with Gasteiger partial charge in [-0.1, -0.05) is 18.2 Å². The van der Waals surface area contributed by atoms with E-state index in [1.807, 2.05) is 25.1 Å². The van der Waals surface area contributed by atoms with Crippen LogP contribution in [-0.4, -0.2) is 21.7 Å². The number of hydrogen-bond acceptors (Lipinski definition) is 1. The molecule has 2 rings (SSSR count). The normalized spacial score (nSPS) is 10.7. The topological polar surface area (TPSA) is 36.1 Å². The lowest BCUT2D eigenvalue weighted by Gasteiger charge is -2.13. The third-order valence-corrected chi connectivity index (χ3v) is 3.33. The molecule has 3 nitrogen and oxygen atoms in total. The molecule has 1 N–H and O–H groups in total. The van der Waals surface area contributed by atoms with Crippen LogP contribution in [0.25, 0.3) is 10.9 Å². The Morgan fingerprint density at radius 3 is 2.81 bits per heavy atom. The smallest absolute Gasteiger partial charge is 0.289 e. The van der Waals surface area contributed by atoms with Crippen molar-refractivity contribution in [2.24, 2.45) is 0 Å². The molecule has 84 valence electrons. The molecular formula is C12H13BrN2O. The molecule has 16 heavy (non-hydrogen) atoms. The highest BCUT2D eigenvalue weighted by molar-refractivity contribution is 9.18. The number of amides is 1. The highest BCUT2D eigenvalue weighted by Crippen LogP contribution is 2.23. The summed E-state index contributed by atoms with van der Waals surface area (Å²) in [6.07, 6.45) is 0. The van der Waals surface area contributed by atoms with Crippen LogP contribution in [0.5, 0.6) is 0 Å². The molecule has 1 amide bonds. The van der Waals surface area contributed by atoms with Gasteiger partial charge in [-0.2, -0.15) is 0 Å². The van der Waals surface area contributed by atoms with Crippen molar-refractivity contribution >= 4 is 31.6 Å². The van der Waals surface area contributed by atoms with Gasteiger partial charge in [0.15, 0.2) is 0 Å². The van der Waals surface area contributed by atoms with Crippen molar-refractivity contribution in [1.82, 2.24) is 9.88 Å². The van der Waals surface area contributed by atoms with E-state index in [1.54, 1.807) is 11.9 Å². The molecule has 1 heterocycles. The number of H-pyrrole nitrogens is 1. The van der Waals surface area contributed by atoms with Crippen molar-refractivity contribution in [3.05, 3.63) is 35.5 Å². The molecule has 0 bridgehead atoms. The summed E-state index contributed by atoms with van der Waals surface area (Å²) in [4.78, 5) is 16.0. The number of halogens is 1. The van der Waals surface area contributed by atoms with Crippen LogP contribution in [0.4, 0.5) is 4.79 Å². The highest BCUT2D eigenvalue weighted by Gasteiger charge is 2.11. The lowest BCUT2D eigenvalue weighted by Crippen LogP contribution is -2.19. The number of nitrogens with one attached hydrogen (secondary N) is 1. The van der Waals surface area contributed by atoms with Crippen molar-refractivity contribution < 1.29 is 4.79 Å². The van der Waals surface area contributed by atoms with E-state index in [0.717, 1.165) is 11.2 Å². The largest absolute Gasteiger partial charge is 0.358 e. The van der Waals surface area contributed by atoms with E-state index in [9.17, 15) is 4.79 Å². The number of para-hydroxylation sites is 1. The fourth-order valence-electron chi connectivity index (χ4n) is 1.84. The number of aromatic nitrogens is 1. The van der Waals surface area contributed by atoms with E-state index in [2.05, 4.69) is 27.0 Å². The van der Waals surface area contributed by atoms with Gasteiger partial charge in [-0.05, 0) is 18.6 Å². The van der Waals surface area contributed by atoms with Crippen LogP contribution in [0.3, 0.4) is 0 Å². The van der Waals surface area contributed by atoms with E-state index >= 15 is 0 Å². The molecule has 0 aliphatic heterocycles. The number of rotatable bonds is 2. The summed E-state index contributed by atoms with van der Waals surface area (Å²) >= 11 is 2.95. The van der Waals surface area contributed by atoms with Gasteiger partial charge in [-0.3, -0.25) is 4.79 Å². The second kappa shape index (κ2) is 4.29. The maximum atomic E-state index is 11.1. The van der Waals surface area contributed by atoms with Crippen LogP contribution in [-0.2, 0) is 6.54 Å². The molecular weight excluding hydrogens is 268 g/mol. The molecule has 4 heteroatoms. The Kier molecular flexibility index (Phi) is 3.01. The molecule has 1 aromatic heterocycles. The summed E-state index contributed by atoms with van der Waals surface area (Å²) in [5.74, 6) is 0. The average molecular weight is 281 g/mol. The molecule has 2 aromatic rings. The van der Waals surface area contributed by atoms with Crippen molar-refractivity contribution in [2.75, 3.05) is 7.05 Å². The zero-order valence-corrected chi connectivity index (χ0v) is 10.8. The molecule has 0 saturated carbocycles. The maximum absolute atomic E-state index is 11.1. The average Bonchev–Trinajstić information content (AvgIpc) is 2.55. The third-order valence-electron chi connectivity index (χ3n) is 2.72. The number of fused-ring (bicyclic) bond motifs is 1. The minimum Gasteiger partial charge on any atom is -0.358 e. The number of carbonyl (C=O) groups excluding carboxylic acids is 1. The summed E-state index contributed by atoms with van der Waals surface area (Å²) < 4.78 is 0. The van der Waals surface area contributed by atoms with E-state index in [4.69, 9.17) is 0 Å². The highest BCUT2D eigenvalue weighted by atomic mass is 79.9. The van der Waals surface area contributed by atoms with Crippen LogP contribution < -0.4 is 0 Å². The second-order valence-electron chi connectivity index (χ2n) is 3.88. The van der Waals surface area contributed by atoms with Crippen molar-refractivity contribution in [3.63, 3.8) is 0 Å². The van der Waals surface area contributed by atoms with Gasteiger partial charge < -0.3 is 9.88 Å². The fraction of sp³-hybridized carbons (Fsp3) is 0.250. The first-order chi connectivity index (χ1) is 7.59. The summed E-state index contributed by atoms with van der Waals surface area (Å²) in [7, 11) is 1.78. The van der Waals surface area contributed by atoms with Crippen LogP contribution in [0, 0.1) is 6.92 Å². The maximum Gasteiger partial charge on any atom is 0.289 e. The van der Waals surface area contributed by atoms with Gasteiger partial charge in [-0.15, -0.1) is 0 Å². The Balaban J connectivity index is 2.43. The van der Waals surface area contributed by atoms with Crippen LogP contribution >= 0.6 is 15.9 Å². The fourth-order valence-corrected chi connectivity index (χ4v) is 1.96. The monoisotopic (exact) mass is 280 g/mol. The first-order valence-electron chi connectivity index (χ1n) is 5.06. The second-order valence-corrected chi connectivity index (χ2v) is 4.56. The Labute approximate surface area is 103 Å². The predicted molar refractivity (Wildman–Crippen MR) is 68.8 cm³/mol. The van der Waals surface area contributed by atoms with Gasteiger partial charge in [0.2, 0.25) is 0 Å². The zero-order valence-electron chi connectivity index (χ0n) is 9.25. The standard InChI is InChI=1S/C12H13BrN2O/c1-8-10(7-15(2)12(13)16)9-5-3-4-6-11(9)14-8/h3-6,14H,7H2,1-2H3. The minimum atomic E-state index is -0.0998. The summed E-state index contributed by atoms with van der Waals surface area (Å²) in [5.41, 5.74) is 3.40. The van der Waals surface area contributed by atoms with Crippen LogP contribution in [0.2, 0.25) is 0 Å². The molecule has 1 aromatic carbocycles. The molecule has 0 aliphatic rings. The van der Waals surface area contributed by atoms with Crippen molar-refractivity contribution in [3.8, 4) is 0 Å². The molecule has 0 fully saturated rings.